The minimum atomic E-state index is -0.241. The highest BCUT2D eigenvalue weighted by molar-refractivity contribution is 5.39. The van der Waals surface area contributed by atoms with Crippen molar-refractivity contribution in [1.29, 1.82) is 0 Å². The van der Waals surface area contributed by atoms with Gasteiger partial charge in [0, 0.05) is 12.4 Å². The SMILES string of the molecule is CC.CC.Cc1cn2cc(F)ccc2n1. The zero-order chi connectivity index (χ0) is 11.8. The van der Waals surface area contributed by atoms with Crippen LogP contribution in [0.15, 0.2) is 24.5 Å². The normalized spacial score (nSPS) is 8.67. The summed E-state index contributed by atoms with van der Waals surface area (Å²) in [6.45, 7) is 9.88. The molecule has 2 heterocycles. The van der Waals surface area contributed by atoms with Crippen molar-refractivity contribution in [3.05, 3.63) is 36.0 Å². The summed E-state index contributed by atoms with van der Waals surface area (Å²) in [4.78, 5) is 4.15. The molecule has 2 aromatic heterocycles. The van der Waals surface area contributed by atoms with Gasteiger partial charge < -0.3 is 4.40 Å². The molecule has 0 unspecified atom stereocenters. The van der Waals surface area contributed by atoms with Crippen LogP contribution in [0.3, 0.4) is 0 Å². The summed E-state index contributed by atoms with van der Waals surface area (Å²) < 4.78 is 14.3. The molecule has 0 amide bonds. The Bertz CT molecular complexity index is 393. The van der Waals surface area contributed by atoms with Gasteiger partial charge in [0.2, 0.25) is 0 Å². The van der Waals surface area contributed by atoms with Crippen molar-refractivity contribution in [2.24, 2.45) is 0 Å². The second-order valence-electron chi connectivity index (χ2n) is 2.50. The first kappa shape index (κ1) is 13.6. The summed E-state index contributed by atoms with van der Waals surface area (Å²) in [5.41, 5.74) is 1.68. The number of rotatable bonds is 0. The second kappa shape index (κ2) is 6.98. The molecule has 0 aliphatic heterocycles. The molecule has 0 radical (unpaired) electrons. The van der Waals surface area contributed by atoms with Crippen LogP contribution in [0.5, 0.6) is 0 Å². The van der Waals surface area contributed by atoms with Crippen LogP contribution in [0.4, 0.5) is 4.39 Å². The molecule has 0 aromatic carbocycles. The van der Waals surface area contributed by atoms with Crippen LogP contribution in [-0.4, -0.2) is 9.38 Å². The quantitative estimate of drug-likeness (QED) is 0.646. The van der Waals surface area contributed by atoms with Gasteiger partial charge in [-0.1, -0.05) is 27.7 Å². The van der Waals surface area contributed by atoms with E-state index in [4.69, 9.17) is 0 Å². The van der Waals surface area contributed by atoms with E-state index in [1.807, 2.05) is 34.6 Å². The highest BCUT2D eigenvalue weighted by Crippen LogP contribution is 2.05. The maximum atomic E-state index is 12.6. The summed E-state index contributed by atoms with van der Waals surface area (Å²) in [5, 5.41) is 0. The van der Waals surface area contributed by atoms with Crippen LogP contribution in [0, 0.1) is 12.7 Å². The summed E-state index contributed by atoms with van der Waals surface area (Å²) in [6.07, 6.45) is 3.20. The number of aryl methyl sites for hydroxylation is 1. The van der Waals surface area contributed by atoms with Gasteiger partial charge in [-0.3, -0.25) is 0 Å². The average Bonchev–Trinajstić information content (AvgIpc) is 2.63. The highest BCUT2D eigenvalue weighted by atomic mass is 19.1. The fourth-order valence-electron chi connectivity index (χ4n) is 1.09. The van der Waals surface area contributed by atoms with E-state index < -0.39 is 0 Å². The Kier molecular flexibility index (Phi) is 6.34. The molecule has 2 aromatic rings. The Labute approximate surface area is 90.8 Å². The molecule has 0 saturated heterocycles. The molecular formula is C12H19FN2. The number of halogens is 1. The van der Waals surface area contributed by atoms with Gasteiger partial charge >= 0.3 is 0 Å². The minimum absolute atomic E-state index is 0.241. The molecule has 2 rings (SSSR count). The molecule has 0 atom stereocenters. The molecule has 84 valence electrons. The smallest absolute Gasteiger partial charge is 0.139 e. The van der Waals surface area contributed by atoms with Gasteiger partial charge in [-0.05, 0) is 19.1 Å². The molecule has 15 heavy (non-hydrogen) atoms. The highest BCUT2D eigenvalue weighted by Gasteiger charge is 1.96. The molecule has 3 heteroatoms. The van der Waals surface area contributed by atoms with Gasteiger partial charge in [0.25, 0.3) is 0 Å². The van der Waals surface area contributed by atoms with Crippen LogP contribution in [0.1, 0.15) is 33.4 Å². The van der Waals surface area contributed by atoms with Crippen molar-refractivity contribution in [1.82, 2.24) is 9.38 Å². The summed E-state index contributed by atoms with van der Waals surface area (Å²) >= 11 is 0. The Balaban J connectivity index is 0.000000442. The number of hydrogen-bond acceptors (Lipinski definition) is 1. The third-order valence-electron chi connectivity index (χ3n) is 1.54. The lowest BCUT2D eigenvalue weighted by atomic mass is 10.5. The third-order valence-corrected chi connectivity index (χ3v) is 1.54. The summed E-state index contributed by atoms with van der Waals surface area (Å²) in [7, 11) is 0. The number of aromatic nitrogens is 2. The van der Waals surface area contributed by atoms with Gasteiger partial charge in [0.05, 0.1) is 5.69 Å². The van der Waals surface area contributed by atoms with Gasteiger partial charge in [0.15, 0.2) is 0 Å². The first-order chi connectivity index (χ1) is 7.25. The van der Waals surface area contributed by atoms with Crippen molar-refractivity contribution in [3.8, 4) is 0 Å². The van der Waals surface area contributed by atoms with E-state index in [1.54, 1.807) is 16.7 Å². The lowest BCUT2D eigenvalue weighted by Crippen LogP contribution is -1.83. The molecule has 0 aliphatic rings. The van der Waals surface area contributed by atoms with Gasteiger partial charge in [-0.2, -0.15) is 0 Å². The minimum Gasteiger partial charge on any atom is -0.304 e. The molecule has 0 spiro atoms. The largest absolute Gasteiger partial charge is 0.304 e. The monoisotopic (exact) mass is 210 g/mol. The van der Waals surface area contributed by atoms with E-state index in [1.165, 1.54) is 12.3 Å². The van der Waals surface area contributed by atoms with Crippen LogP contribution < -0.4 is 0 Å². The van der Waals surface area contributed by atoms with Crippen LogP contribution in [-0.2, 0) is 0 Å². The molecule has 0 saturated carbocycles. The van der Waals surface area contributed by atoms with Crippen LogP contribution in [0.2, 0.25) is 0 Å². The lowest BCUT2D eigenvalue weighted by molar-refractivity contribution is 0.619. The topological polar surface area (TPSA) is 17.3 Å². The van der Waals surface area contributed by atoms with Crippen LogP contribution >= 0.6 is 0 Å². The molecule has 0 fully saturated rings. The zero-order valence-corrected chi connectivity index (χ0v) is 10.1. The Hall–Kier alpha value is -1.38. The van der Waals surface area contributed by atoms with Crippen molar-refractivity contribution in [2.45, 2.75) is 34.6 Å². The molecule has 2 nitrogen and oxygen atoms in total. The number of hydrogen-bond donors (Lipinski definition) is 0. The fraction of sp³-hybridized carbons (Fsp3) is 0.417. The number of imidazole rings is 1. The first-order valence-corrected chi connectivity index (χ1v) is 5.36. The van der Waals surface area contributed by atoms with Crippen LogP contribution in [0.25, 0.3) is 5.65 Å². The van der Waals surface area contributed by atoms with Gasteiger partial charge in [-0.25, -0.2) is 9.37 Å². The zero-order valence-electron chi connectivity index (χ0n) is 10.1. The van der Waals surface area contributed by atoms with E-state index in [0.717, 1.165) is 11.3 Å². The summed E-state index contributed by atoms with van der Waals surface area (Å²) in [6, 6.07) is 3.06. The number of fused-ring (bicyclic) bond motifs is 1. The third kappa shape index (κ3) is 3.70. The number of nitrogens with zero attached hydrogens (tertiary/aromatic N) is 2. The van der Waals surface area contributed by atoms with Crippen molar-refractivity contribution < 1.29 is 4.39 Å². The molecule has 0 aliphatic carbocycles. The van der Waals surface area contributed by atoms with E-state index in [9.17, 15) is 4.39 Å². The Morgan fingerprint density at radius 2 is 1.67 bits per heavy atom. The van der Waals surface area contributed by atoms with Crippen molar-refractivity contribution >= 4 is 5.65 Å². The second-order valence-corrected chi connectivity index (χ2v) is 2.50. The molecule has 0 N–H and O–H groups in total. The maximum Gasteiger partial charge on any atom is 0.139 e. The Morgan fingerprint density at radius 3 is 2.27 bits per heavy atom. The average molecular weight is 210 g/mol. The fourth-order valence-corrected chi connectivity index (χ4v) is 1.09. The Morgan fingerprint density at radius 1 is 1.07 bits per heavy atom. The predicted molar refractivity (Wildman–Crippen MR) is 62.6 cm³/mol. The standard InChI is InChI=1S/C8H7FN2.2C2H6/c1-6-4-11-5-7(9)2-3-8(11)10-6;2*1-2/h2-5H,1H3;2*1-2H3. The maximum absolute atomic E-state index is 12.6. The van der Waals surface area contributed by atoms with E-state index in [2.05, 4.69) is 4.98 Å². The predicted octanol–water partition coefficient (Wildman–Crippen LogP) is 3.83. The lowest BCUT2D eigenvalue weighted by Gasteiger charge is -1.90. The van der Waals surface area contributed by atoms with Gasteiger partial charge in [0.1, 0.15) is 11.5 Å². The molecular weight excluding hydrogens is 191 g/mol. The van der Waals surface area contributed by atoms with E-state index in [-0.39, 0.29) is 5.82 Å². The van der Waals surface area contributed by atoms with E-state index in [0.29, 0.717) is 0 Å². The van der Waals surface area contributed by atoms with Crippen molar-refractivity contribution in [3.63, 3.8) is 0 Å². The van der Waals surface area contributed by atoms with E-state index >= 15 is 0 Å². The molecule has 0 bridgehead atoms. The first-order valence-electron chi connectivity index (χ1n) is 5.36. The van der Waals surface area contributed by atoms with Gasteiger partial charge in [-0.15, -0.1) is 0 Å². The summed E-state index contributed by atoms with van der Waals surface area (Å²) in [5.74, 6) is -0.241. The van der Waals surface area contributed by atoms with Crippen molar-refractivity contribution in [2.75, 3.05) is 0 Å². The number of pyridine rings is 1.